The highest BCUT2D eigenvalue weighted by Gasteiger charge is 2.32. The third kappa shape index (κ3) is 8.65. The summed E-state index contributed by atoms with van der Waals surface area (Å²) < 4.78 is 6.43. The Kier molecular flexibility index (Phi) is 10.6. The summed E-state index contributed by atoms with van der Waals surface area (Å²) in [6, 6.07) is 3.65. The van der Waals surface area contributed by atoms with Gasteiger partial charge in [-0.1, -0.05) is 52.4 Å². The molecular weight excluding hydrogens is 388 g/mol. The normalized spacial score (nSPS) is 20.4. The number of rotatable bonds is 14. The summed E-state index contributed by atoms with van der Waals surface area (Å²) in [5, 5.41) is 28.1. The quantitative estimate of drug-likeness (QED) is 0.327. The smallest absolute Gasteiger partial charge is 0.126 e. The zero-order chi connectivity index (χ0) is 22.9. The van der Waals surface area contributed by atoms with Crippen molar-refractivity contribution in [2.24, 2.45) is 17.8 Å². The predicted octanol–water partition coefficient (Wildman–Crippen LogP) is 6.17. The number of fused-ring (bicyclic) bond motifs is 1. The molecule has 0 aliphatic carbocycles. The van der Waals surface area contributed by atoms with Crippen LogP contribution in [-0.2, 0) is 6.42 Å². The molecule has 1 heterocycles. The van der Waals surface area contributed by atoms with Gasteiger partial charge in [-0.15, -0.1) is 0 Å². The van der Waals surface area contributed by atoms with Crippen LogP contribution in [-0.4, -0.2) is 34.1 Å². The molecule has 0 aromatic heterocycles. The van der Waals surface area contributed by atoms with Crippen LogP contribution in [0.15, 0.2) is 12.1 Å². The zero-order valence-electron chi connectivity index (χ0n) is 20.3. The Hall–Kier alpha value is -1.26. The first-order valence-corrected chi connectivity index (χ1v) is 12.5. The number of phenols is 1. The highest BCUT2D eigenvalue weighted by atomic mass is 16.5. The number of phenolic OH excluding ortho intramolecular Hbond substituents is 1. The summed E-state index contributed by atoms with van der Waals surface area (Å²) in [4.78, 5) is 0. The number of hydrogen-bond donors (Lipinski definition) is 3. The third-order valence-electron chi connectivity index (χ3n) is 7.23. The molecule has 0 fully saturated rings. The lowest BCUT2D eigenvalue weighted by atomic mass is 9.85. The Morgan fingerprint density at radius 3 is 2.13 bits per heavy atom. The summed E-state index contributed by atoms with van der Waals surface area (Å²) in [6.45, 7) is 9.17. The number of ether oxygens (including phenoxy) is 1. The molecule has 4 nitrogen and oxygen atoms in total. The minimum atomic E-state index is -0.0933. The number of aromatic hydroxyl groups is 1. The van der Waals surface area contributed by atoms with E-state index in [4.69, 9.17) is 14.9 Å². The highest BCUT2D eigenvalue weighted by molar-refractivity contribution is 5.47. The lowest BCUT2D eigenvalue weighted by Gasteiger charge is -2.37. The Balaban J connectivity index is 1.62. The van der Waals surface area contributed by atoms with Gasteiger partial charge in [0, 0.05) is 19.1 Å². The summed E-state index contributed by atoms with van der Waals surface area (Å²) in [5.41, 5.74) is 2.08. The summed E-state index contributed by atoms with van der Waals surface area (Å²) in [6.07, 6.45) is 12.6. The monoisotopic (exact) mass is 434 g/mol. The molecule has 4 heteroatoms. The predicted molar refractivity (Wildman–Crippen MR) is 128 cm³/mol. The van der Waals surface area contributed by atoms with Crippen molar-refractivity contribution < 1.29 is 20.1 Å². The summed E-state index contributed by atoms with van der Waals surface area (Å²) in [5.74, 6) is 2.86. The molecule has 1 aliphatic heterocycles. The van der Waals surface area contributed by atoms with Gasteiger partial charge in [0.15, 0.2) is 0 Å². The van der Waals surface area contributed by atoms with E-state index in [2.05, 4.69) is 20.8 Å². The Bertz CT molecular complexity index is 655. The molecule has 3 N–H and O–H groups in total. The Morgan fingerprint density at radius 1 is 0.935 bits per heavy atom. The van der Waals surface area contributed by atoms with Gasteiger partial charge in [0.25, 0.3) is 0 Å². The lowest BCUT2D eigenvalue weighted by molar-refractivity contribution is 0.0515. The van der Waals surface area contributed by atoms with Crippen LogP contribution in [0.4, 0.5) is 0 Å². The standard InChI is InChI=1S/C27H46O4/c1-20(10-6-12-23(18-28)19-29)8-5-9-21(2)11-7-14-27(4)15-13-24-17-25(30)16-22(3)26(24)31-27/h16-17,20-21,23,28-30H,5-15,18-19H2,1-4H3/t20?,21?,27-/m1/s1. The average molecular weight is 435 g/mol. The van der Waals surface area contributed by atoms with E-state index in [-0.39, 0.29) is 24.7 Å². The van der Waals surface area contributed by atoms with Crippen molar-refractivity contribution in [3.63, 3.8) is 0 Å². The highest BCUT2D eigenvalue weighted by Crippen LogP contribution is 2.40. The van der Waals surface area contributed by atoms with Crippen molar-refractivity contribution in [3.05, 3.63) is 23.3 Å². The van der Waals surface area contributed by atoms with E-state index in [1.807, 2.05) is 13.0 Å². The molecule has 178 valence electrons. The van der Waals surface area contributed by atoms with Crippen LogP contribution >= 0.6 is 0 Å². The van der Waals surface area contributed by atoms with E-state index in [1.54, 1.807) is 6.07 Å². The average Bonchev–Trinajstić information content (AvgIpc) is 2.72. The maximum Gasteiger partial charge on any atom is 0.126 e. The van der Waals surface area contributed by atoms with Crippen LogP contribution in [0, 0.1) is 24.7 Å². The largest absolute Gasteiger partial charge is 0.508 e. The molecule has 3 atom stereocenters. The van der Waals surface area contributed by atoms with Gasteiger partial charge < -0.3 is 20.1 Å². The first-order chi connectivity index (χ1) is 14.8. The maximum atomic E-state index is 9.82. The molecule has 2 rings (SSSR count). The van der Waals surface area contributed by atoms with Gasteiger partial charge >= 0.3 is 0 Å². The molecule has 1 aromatic carbocycles. The van der Waals surface area contributed by atoms with Crippen molar-refractivity contribution in [2.45, 2.75) is 104 Å². The van der Waals surface area contributed by atoms with Gasteiger partial charge in [-0.2, -0.15) is 0 Å². The van der Waals surface area contributed by atoms with E-state index < -0.39 is 0 Å². The van der Waals surface area contributed by atoms with E-state index in [0.717, 1.165) is 60.8 Å². The van der Waals surface area contributed by atoms with Crippen molar-refractivity contribution in [3.8, 4) is 11.5 Å². The van der Waals surface area contributed by atoms with Gasteiger partial charge in [-0.25, -0.2) is 0 Å². The number of aryl methyl sites for hydroxylation is 2. The minimum absolute atomic E-state index is 0.0618. The fourth-order valence-corrected chi connectivity index (χ4v) is 4.95. The molecule has 0 saturated heterocycles. The van der Waals surface area contributed by atoms with Gasteiger partial charge in [-0.05, 0) is 81.0 Å². The lowest BCUT2D eigenvalue weighted by Crippen LogP contribution is -2.36. The topological polar surface area (TPSA) is 69.9 Å². The summed E-state index contributed by atoms with van der Waals surface area (Å²) >= 11 is 0. The number of hydrogen-bond acceptors (Lipinski definition) is 4. The first kappa shape index (κ1) is 26.0. The molecule has 1 aromatic rings. The molecular formula is C27H46O4. The van der Waals surface area contributed by atoms with E-state index in [1.165, 1.54) is 38.5 Å². The van der Waals surface area contributed by atoms with Crippen LogP contribution in [0.25, 0.3) is 0 Å². The number of benzene rings is 1. The fourth-order valence-electron chi connectivity index (χ4n) is 4.95. The fraction of sp³-hybridized carbons (Fsp3) is 0.778. The van der Waals surface area contributed by atoms with Crippen molar-refractivity contribution >= 4 is 0 Å². The second-order valence-corrected chi connectivity index (χ2v) is 10.5. The number of aliphatic hydroxyl groups is 2. The van der Waals surface area contributed by atoms with Crippen LogP contribution in [0.3, 0.4) is 0 Å². The van der Waals surface area contributed by atoms with Crippen molar-refractivity contribution in [2.75, 3.05) is 13.2 Å². The molecule has 1 aliphatic rings. The van der Waals surface area contributed by atoms with Crippen molar-refractivity contribution in [1.82, 2.24) is 0 Å². The van der Waals surface area contributed by atoms with Crippen LogP contribution in [0.2, 0.25) is 0 Å². The molecule has 0 saturated carbocycles. The maximum absolute atomic E-state index is 9.82. The zero-order valence-corrected chi connectivity index (χ0v) is 20.3. The molecule has 0 bridgehead atoms. The SMILES string of the molecule is Cc1cc(O)cc2c1O[C@](C)(CCCC(C)CCCC(C)CCCC(CO)CO)CC2. The second kappa shape index (κ2) is 12.7. The van der Waals surface area contributed by atoms with Gasteiger partial charge in [-0.3, -0.25) is 0 Å². The molecule has 0 spiro atoms. The van der Waals surface area contributed by atoms with E-state index >= 15 is 0 Å². The first-order valence-electron chi connectivity index (χ1n) is 12.5. The Labute approximate surface area is 190 Å². The number of aliphatic hydroxyl groups excluding tert-OH is 2. The van der Waals surface area contributed by atoms with Crippen LogP contribution in [0.5, 0.6) is 11.5 Å². The Morgan fingerprint density at radius 2 is 1.52 bits per heavy atom. The van der Waals surface area contributed by atoms with Crippen LogP contribution < -0.4 is 4.74 Å². The van der Waals surface area contributed by atoms with E-state index in [9.17, 15) is 5.11 Å². The molecule has 0 radical (unpaired) electrons. The van der Waals surface area contributed by atoms with Gasteiger partial charge in [0.1, 0.15) is 17.1 Å². The minimum Gasteiger partial charge on any atom is -0.508 e. The van der Waals surface area contributed by atoms with E-state index in [0.29, 0.717) is 5.75 Å². The van der Waals surface area contributed by atoms with Crippen LogP contribution in [0.1, 0.15) is 96.1 Å². The second-order valence-electron chi connectivity index (χ2n) is 10.5. The van der Waals surface area contributed by atoms with Gasteiger partial charge in [0.2, 0.25) is 0 Å². The van der Waals surface area contributed by atoms with Gasteiger partial charge in [0.05, 0.1) is 0 Å². The summed E-state index contributed by atoms with van der Waals surface area (Å²) in [7, 11) is 0. The molecule has 0 amide bonds. The molecule has 2 unspecified atom stereocenters. The molecule has 31 heavy (non-hydrogen) atoms. The van der Waals surface area contributed by atoms with Crippen molar-refractivity contribution in [1.29, 1.82) is 0 Å². The third-order valence-corrected chi connectivity index (χ3v) is 7.23.